The number of aliphatic hydroxyl groups excluding tert-OH is 2. The van der Waals surface area contributed by atoms with E-state index in [1.54, 1.807) is 26.8 Å². The lowest BCUT2D eigenvalue weighted by molar-refractivity contribution is -0.274. The van der Waals surface area contributed by atoms with Crippen LogP contribution in [0.4, 0.5) is 18.0 Å². The molecule has 182 valence electrons. The number of aromatic nitrogens is 2. The number of nitrogens with zero attached hydrogens (tertiary/aromatic N) is 2. The second-order valence-electron chi connectivity index (χ2n) is 8.38. The number of rotatable bonds is 6. The van der Waals surface area contributed by atoms with Gasteiger partial charge in [0.1, 0.15) is 17.5 Å². The first-order chi connectivity index (χ1) is 15.9. The highest BCUT2D eigenvalue weighted by Gasteiger charge is 2.31. The maximum atomic E-state index is 12.5. The molecule has 0 saturated heterocycles. The standard InChI is InChI=1S/C23H24F3N3O5/c1-22(2,3)34-21(32)29-11-14-10-16(13-4-6-15(7-5-13)33-23(24,25)26)19-20(28-9-8-27-19)18(14)17(31)12-30/h4-10,17,30-31H,11-12H2,1-3H3,(H,29,32)/t17-/m0/s1. The van der Waals surface area contributed by atoms with Crippen LogP contribution < -0.4 is 10.1 Å². The average molecular weight is 479 g/mol. The Morgan fingerprint density at radius 2 is 1.71 bits per heavy atom. The molecule has 3 aromatic rings. The van der Waals surface area contributed by atoms with Crippen LogP contribution in [0, 0.1) is 0 Å². The van der Waals surface area contributed by atoms with Crippen LogP contribution in [0.3, 0.4) is 0 Å². The lowest BCUT2D eigenvalue weighted by atomic mass is 9.93. The highest BCUT2D eigenvalue weighted by atomic mass is 19.4. The van der Waals surface area contributed by atoms with Crippen LogP contribution in [0.5, 0.6) is 5.75 Å². The number of fused-ring (bicyclic) bond motifs is 1. The van der Waals surface area contributed by atoms with Crippen LogP contribution in [-0.2, 0) is 11.3 Å². The van der Waals surface area contributed by atoms with E-state index >= 15 is 0 Å². The fourth-order valence-electron chi connectivity index (χ4n) is 3.35. The van der Waals surface area contributed by atoms with Crippen molar-refractivity contribution in [1.82, 2.24) is 15.3 Å². The molecule has 0 spiro atoms. The van der Waals surface area contributed by atoms with Crippen LogP contribution in [0.15, 0.2) is 42.7 Å². The molecule has 0 radical (unpaired) electrons. The van der Waals surface area contributed by atoms with Gasteiger partial charge >= 0.3 is 12.5 Å². The number of halogens is 3. The van der Waals surface area contributed by atoms with Gasteiger partial charge in [-0.3, -0.25) is 9.97 Å². The number of alkyl halides is 3. The largest absolute Gasteiger partial charge is 0.573 e. The number of hydrogen-bond donors (Lipinski definition) is 3. The van der Waals surface area contributed by atoms with Crippen LogP contribution >= 0.6 is 0 Å². The first kappa shape index (κ1) is 25.2. The lowest BCUT2D eigenvalue weighted by Gasteiger charge is -2.21. The second-order valence-corrected chi connectivity index (χ2v) is 8.38. The van der Waals surface area contributed by atoms with Crippen molar-refractivity contribution in [2.45, 2.75) is 45.4 Å². The molecule has 1 amide bonds. The van der Waals surface area contributed by atoms with Gasteiger partial charge in [-0.25, -0.2) is 4.79 Å². The molecule has 1 heterocycles. The molecule has 3 rings (SSSR count). The van der Waals surface area contributed by atoms with E-state index in [9.17, 15) is 28.2 Å². The van der Waals surface area contributed by atoms with Gasteiger partial charge in [-0.1, -0.05) is 12.1 Å². The molecule has 1 aromatic heterocycles. The van der Waals surface area contributed by atoms with Gasteiger partial charge < -0.3 is 25.0 Å². The molecule has 0 saturated carbocycles. The fourth-order valence-corrected chi connectivity index (χ4v) is 3.35. The summed E-state index contributed by atoms with van der Waals surface area (Å²) < 4.78 is 46.7. The Balaban J connectivity index is 2.07. The molecule has 0 aliphatic heterocycles. The topological polar surface area (TPSA) is 114 Å². The molecule has 8 nitrogen and oxygen atoms in total. The summed E-state index contributed by atoms with van der Waals surface area (Å²) in [4.78, 5) is 20.8. The molecule has 3 N–H and O–H groups in total. The van der Waals surface area contributed by atoms with E-state index in [4.69, 9.17) is 4.74 Å². The quantitative estimate of drug-likeness (QED) is 0.484. The molecule has 1 atom stereocenters. The van der Waals surface area contributed by atoms with Crippen LogP contribution in [0.25, 0.3) is 22.2 Å². The summed E-state index contributed by atoms with van der Waals surface area (Å²) in [6.45, 7) is 4.46. The molecule has 0 bridgehead atoms. The Kier molecular flexibility index (Phi) is 7.27. The predicted octanol–water partition coefficient (Wildman–Crippen LogP) is 4.25. The number of hydrogen-bond acceptors (Lipinski definition) is 7. The number of amides is 1. The average Bonchev–Trinajstić information content (AvgIpc) is 2.74. The number of carbonyl (C=O) groups is 1. The van der Waals surface area contributed by atoms with Crippen molar-refractivity contribution in [1.29, 1.82) is 0 Å². The molecule has 2 aromatic carbocycles. The third-order valence-corrected chi connectivity index (χ3v) is 4.60. The number of benzene rings is 2. The Labute approximate surface area is 193 Å². The molecule has 0 aliphatic rings. The molecular weight excluding hydrogens is 455 g/mol. The van der Waals surface area contributed by atoms with E-state index in [2.05, 4.69) is 20.0 Å². The number of nitrogens with one attached hydrogen (secondary N) is 1. The monoisotopic (exact) mass is 479 g/mol. The zero-order valence-corrected chi connectivity index (χ0v) is 18.7. The number of carbonyl (C=O) groups excluding carboxylic acids is 1. The van der Waals surface area contributed by atoms with E-state index < -0.39 is 30.8 Å². The summed E-state index contributed by atoms with van der Waals surface area (Å²) in [5.74, 6) is -0.384. The molecule has 0 unspecified atom stereocenters. The summed E-state index contributed by atoms with van der Waals surface area (Å²) >= 11 is 0. The van der Waals surface area contributed by atoms with Gasteiger partial charge in [-0.2, -0.15) is 0 Å². The van der Waals surface area contributed by atoms with Crippen molar-refractivity contribution in [3.63, 3.8) is 0 Å². The maximum Gasteiger partial charge on any atom is 0.573 e. The van der Waals surface area contributed by atoms with Crippen molar-refractivity contribution in [3.05, 3.63) is 53.9 Å². The normalized spacial score (nSPS) is 12.9. The van der Waals surface area contributed by atoms with E-state index in [0.717, 1.165) is 0 Å². The first-order valence-corrected chi connectivity index (χ1v) is 10.3. The maximum absolute atomic E-state index is 12.5. The zero-order chi connectivity index (χ0) is 25.1. The second kappa shape index (κ2) is 9.82. The van der Waals surface area contributed by atoms with Gasteiger partial charge in [0.05, 0.1) is 17.6 Å². The van der Waals surface area contributed by atoms with Gasteiger partial charge in [0.2, 0.25) is 0 Å². The van der Waals surface area contributed by atoms with E-state index in [0.29, 0.717) is 22.2 Å². The number of ether oxygens (including phenoxy) is 2. The third-order valence-electron chi connectivity index (χ3n) is 4.60. The predicted molar refractivity (Wildman–Crippen MR) is 117 cm³/mol. The Bertz CT molecular complexity index is 1160. The minimum Gasteiger partial charge on any atom is -0.444 e. The van der Waals surface area contributed by atoms with Crippen LogP contribution in [0.2, 0.25) is 0 Å². The molecule has 34 heavy (non-hydrogen) atoms. The van der Waals surface area contributed by atoms with Gasteiger partial charge in [0.15, 0.2) is 0 Å². The van der Waals surface area contributed by atoms with Crippen LogP contribution in [0.1, 0.15) is 38.0 Å². The summed E-state index contributed by atoms with van der Waals surface area (Å²) in [7, 11) is 0. The molecular formula is C23H24F3N3O5. The Morgan fingerprint density at radius 1 is 1.09 bits per heavy atom. The van der Waals surface area contributed by atoms with E-state index in [1.807, 2.05) is 0 Å². The third kappa shape index (κ3) is 6.33. The lowest BCUT2D eigenvalue weighted by Crippen LogP contribution is -2.32. The van der Waals surface area contributed by atoms with E-state index in [1.165, 1.54) is 36.7 Å². The number of aliphatic hydroxyl groups is 2. The smallest absolute Gasteiger partial charge is 0.444 e. The SMILES string of the molecule is CC(C)(C)OC(=O)NCc1cc(-c2ccc(OC(F)(F)F)cc2)c2nccnc2c1[C@@H](O)CO. The molecule has 0 fully saturated rings. The van der Waals surface area contributed by atoms with Gasteiger partial charge in [0, 0.05) is 30.1 Å². The highest BCUT2D eigenvalue weighted by molar-refractivity contribution is 5.94. The van der Waals surface area contributed by atoms with Crippen molar-refractivity contribution in [2.75, 3.05) is 6.61 Å². The van der Waals surface area contributed by atoms with Gasteiger partial charge in [0.25, 0.3) is 0 Å². The zero-order valence-electron chi connectivity index (χ0n) is 18.7. The minimum atomic E-state index is -4.82. The summed E-state index contributed by atoms with van der Waals surface area (Å²) in [5.41, 5.74) is 1.60. The highest BCUT2D eigenvalue weighted by Crippen LogP contribution is 2.35. The minimum absolute atomic E-state index is 0.0733. The summed E-state index contributed by atoms with van der Waals surface area (Å²) in [5, 5.41) is 22.7. The molecule has 11 heteroatoms. The summed E-state index contributed by atoms with van der Waals surface area (Å²) in [6.07, 6.45) is -3.98. The Morgan fingerprint density at radius 3 is 2.26 bits per heavy atom. The van der Waals surface area contributed by atoms with Crippen molar-refractivity contribution < 1.29 is 37.7 Å². The first-order valence-electron chi connectivity index (χ1n) is 10.3. The van der Waals surface area contributed by atoms with Crippen molar-refractivity contribution in [2.24, 2.45) is 0 Å². The van der Waals surface area contributed by atoms with Crippen LogP contribution in [-0.4, -0.2) is 44.8 Å². The van der Waals surface area contributed by atoms with E-state index in [-0.39, 0.29) is 23.4 Å². The Hall–Kier alpha value is -3.44. The van der Waals surface area contributed by atoms with Gasteiger partial charge in [-0.15, -0.1) is 13.2 Å². The fraction of sp³-hybridized carbons (Fsp3) is 0.348. The van der Waals surface area contributed by atoms with Gasteiger partial charge in [-0.05, 0) is 50.1 Å². The van der Waals surface area contributed by atoms with Crippen molar-refractivity contribution in [3.8, 4) is 16.9 Å². The summed E-state index contributed by atoms with van der Waals surface area (Å²) in [6, 6.07) is 6.82. The molecule has 0 aliphatic carbocycles. The van der Waals surface area contributed by atoms with Crippen molar-refractivity contribution >= 4 is 17.1 Å². The number of alkyl carbamates (subject to hydrolysis) is 1.